The maximum atomic E-state index is 12.0. The van der Waals surface area contributed by atoms with Gasteiger partial charge in [-0.2, -0.15) is 0 Å². The number of carbonyl (C=O) groups excluding carboxylic acids is 1. The first kappa shape index (κ1) is 15.0. The van der Waals surface area contributed by atoms with Crippen LogP contribution in [0.3, 0.4) is 0 Å². The third kappa shape index (κ3) is 4.51. The molecule has 0 fully saturated rings. The third-order valence-corrected chi connectivity index (χ3v) is 3.60. The number of hydrogen-bond acceptors (Lipinski definition) is 2. The molecule has 23 heavy (non-hydrogen) atoms. The van der Waals surface area contributed by atoms with Gasteiger partial charge in [-0.3, -0.25) is 9.78 Å². The topological polar surface area (TPSA) is 42.0 Å². The zero-order chi connectivity index (χ0) is 15.9. The second-order valence-corrected chi connectivity index (χ2v) is 5.44. The van der Waals surface area contributed by atoms with Gasteiger partial charge in [-0.05, 0) is 47.4 Å². The lowest BCUT2D eigenvalue weighted by Gasteiger charge is -2.07. The highest BCUT2D eigenvalue weighted by molar-refractivity contribution is 5.92. The van der Waals surface area contributed by atoms with Gasteiger partial charge >= 0.3 is 0 Å². The highest BCUT2D eigenvalue weighted by Gasteiger charge is 2.04. The molecule has 0 atom stereocenters. The van der Waals surface area contributed by atoms with Crippen LogP contribution < -0.4 is 5.32 Å². The molecule has 1 heterocycles. The monoisotopic (exact) mass is 302 g/mol. The SMILES string of the molecule is O=C(Cc1ccccc1)Nc1ccc(Cc2ccncc2)cc1. The van der Waals surface area contributed by atoms with Crippen molar-refractivity contribution in [3.05, 3.63) is 95.8 Å². The van der Waals surface area contributed by atoms with Crippen molar-refractivity contribution in [2.24, 2.45) is 0 Å². The Morgan fingerprint density at radius 2 is 1.43 bits per heavy atom. The Morgan fingerprint density at radius 1 is 0.783 bits per heavy atom. The second kappa shape index (κ2) is 7.36. The Bertz CT molecular complexity index is 753. The van der Waals surface area contributed by atoms with Crippen LogP contribution in [0.1, 0.15) is 16.7 Å². The summed E-state index contributed by atoms with van der Waals surface area (Å²) in [7, 11) is 0. The van der Waals surface area contributed by atoms with Crippen molar-refractivity contribution in [2.45, 2.75) is 12.8 Å². The molecule has 3 heteroatoms. The molecule has 2 aromatic carbocycles. The van der Waals surface area contributed by atoms with Gasteiger partial charge in [0.1, 0.15) is 0 Å². The maximum absolute atomic E-state index is 12.0. The molecule has 1 amide bonds. The van der Waals surface area contributed by atoms with Gasteiger partial charge in [-0.15, -0.1) is 0 Å². The van der Waals surface area contributed by atoms with E-state index in [1.165, 1.54) is 11.1 Å². The number of pyridine rings is 1. The average Bonchev–Trinajstić information content (AvgIpc) is 2.58. The fourth-order valence-electron chi connectivity index (χ4n) is 2.43. The number of amides is 1. The normalized spacial score (nSPS) is 10.3. The molecule has 1 N–H and O–H groups in total. The molecule has 0 spiro atoms. The van der Waals surface area contributed by atoms with Crippen LogP contribution in [0.4, 0.5) is 5.69 Å². The summed E-state index contributed by atoms with van der Waals surface area (Å²) in [6, 6.07) is 21.7. The van der Waals surface area contributed by atoms with Crippen molar-refractivity contribution in [3.63, 3.8) is 0 Å². The summed E-state index contributed by atoms with van der Waals surface area (Å²) in [4.78, 5) is 16.1. The number of aromatic nitrogens is 1. The predicted molar refractivity (Wildman–Crippen MR) is 92.3 cm³/mol. The fourth-order valence-corrected chi connectivity index (χ4v) is 2.43. The molecule has 3 nitrogen and oxygen atoms in total. The number of nitrogens with one attached hydrogen (secondary N) is 1. The van der Waals surface area contributed by atoms with Crippen LogP contribution in [0.5, 0.6) is 0 Å². The molecule has 1 aromatic heterocycles. The summed E-state index contributed by atoms with van der Waals surface area (Å²) in [5.41, 5.74) is 4.27. The summed E-state index contributed by atoms with van der Waals surface area (Å²) in [5.74, 6) is -0.00177. The lowest BCUT2D eigenvalue weighted by atomic mass is 10.1. The lowest BCUT2D eigenvalue weighted by Crippen LogP contribution is -2.14. The Balaban J connectivity index is 1.58. The van der Waals surface area contributed by atoms with Crippen LogP contribution in [0, 0.1) is 0 Å². The van der Waals surface area contributed by atoms with Crippen molar-refractivity contribution in [2.75, 3.05) is 5.32 Å². The van der Waals surface area contributed by atoms with Crippen LogP contribution in [-0.2, 0) is 17.6 Å². The quantitative estimate of drug-likeness (QED) is 0.777. The Morgan fingerprint density at radius 3 is 2.13 bits per heavy atom. The molecule has 0 aliphatic rings. The molecule has 0 bridgehead atoms. The fraction of sp³-hybridized carbons (Fsp3) is 0.100. The number of hydrogen-bond donors (Lipinski definition) is 1. The van der Waals surface area contributed by atoms with Gasteiger partial charge in [-0.1, -0.05) is 42.5 Å². The Labute approximate surface area is 136 Å². The van der Waals surface area contributed by atoms with Gasteiger partial charge in [0.25, 0.3) is 0 Å². The highest BCUT2D eigenvalue weighted by Crippen LogP contribution is 2.13. The number of carbonyl (C=O) groups is 1. The van der Waals surface area contributed by atoms with Gasteiger partial charge in [-0.25, -0.2) is 0 Å². The molecular weight excluding hydrogens is 284 g/mol. The minimum atomic E-state index is -0.00177. The van der Waals surface area contributed by atoms with Gasteiger partial charge in [0, 0.05) is 18.1 Å². The number of nitrogens with zero attached hydrogens (tertiary/aromatic N) is 1. The lowest BCUT2D eigenvalue weighted by molar-refractivity contribution is -0.115. The van der Waals surface area contributed by atoms with Crippen molar-refractivity contribution in [1.29, 1.82) is 0 Å². The smallest absolute Gasteiger partial charge is 0.228 e. The zero-order valence-electron chi connectivity index (χ0n) is 12.8. The van der Waals surface area contributed by atoms with Crippen molar-refractivity contribution in [1.82, 2.24) is 4.98 Å². The minimum absolute atomic E-state index is 0.00177. The molecule has 0 saturated heterocycles. The Kier molecular flexibility index (Phi) is 4.79. The van der Waals surface area contributed by atoms with E-state index < -0.39 is 0 Å². The van der Waals surface area contributed by atoms with E-state index in [1.54, 1.807) is 12.4 Å². The van der Waals surface area contributed by atoms with Gasteiger partial charge in [0.15, 0.2) is 0 Å². The summed E-state index contributed by atoms with van der Waals surface area (Å²) in [5, 5.41) is 2.93. The first-order chi connectivity index (χ1) is 11.3. The van der Waals surface area contributed by atoms with E-state index in [0.717, 1.165) is 17.7 Å². The van der Waals surface area contributed by atoms with E-state index in [2.05, 4.69) is 10.3 Å². The number of benzene rings is 2. The van der Waals surface area contributed by atoms with Crippen LogP contribution in [0.15, 0.2) is 79.1 Å². The second-order valence-electron chi connectivity index (χ2n) is 5.44. The van der Waals surface area contributed by atoms with Crippen molar-refractivity contribution in [3.8, 4) is 0 Å². The van der Waals surface area contributed by atoms with E-state index in [-0.39, 0.29) is 5.91 Å². The van der Waals surface area contributed by atoms with Crippen molar-refractivity contribution < 1.29 is 4.79 Å². The number of rotatable bonds is 5. The van der Waals surface area contributed by atoms with Gasteiger partial charge < -0.3 is 5.32 Å². The first-order valence-corrected chi connectivity index (χ1v) is 7.61. The summed E-state index contributed by atoms with van der Waals surface area (Å²) < 4.78 is 0. The van der Waals surface area contributed by atoms with E-state index in [0.29, 0.717) is 6.42 Å². The van der Waals surface area contributed by atoms with E-state index in [1.807, 2.05) is 66.7 Å². The van der Waals surface area contributed by atoms with E-state index in [4.69, 9.17) is 0 Å². The van der Waals surface area contributed by atoms with Crippen LogP contribution in [-0.4, -0.2) is 10.9 Å². The van der Waals surface area contributed by atoms with Crippen LogP contribution in [0.2, 0.25) is 0 Å². The standard InChI is InChI=1S/C20H18N2O/c23-20(15-16-4-2-1-3-5-16)22-19-8-6-17(7-9-19)14-18-10-12-21-13-11-18/h1-13H,14-15H2,(H,22,23). The molecule has 0 radical (unpaired) electrons. The van der Waals surface area contributed by atoms with E-state index >= 15 is 0 Å². The summed E-state index contributed by atoms with van der Waals surface area (Å²) in [6.45, 7) is 0. The van der Waals surface area contributed by atoms with Gasteiger partial charge in [0.2, 0.25) is 5.91 Å². The molecule has 0 aliphatic heterocycles. The summed E-state index contributed by atoms with van der Waals surface area (Å²) in [6.07, 6.45) is 4.85. The minimum Gasteiger partial charge on any atom is -0.326 e. The molecule has 0 saturated carbocycles. The van der Waals surface area contributed by atoms with Crippen molar-refractivity contribution >= 4 is 11.6 Å². The largest absolute Gasteiger partial charge is 0.326 e. The maximum Gasteiger partial charge on any atom is 0.228 e. The average molecular weight is 302 g/mol. The molecule has 0 unspecified atom stereocenters. The molecule has 114 valence electrons. The number of anilines is 1. The molecule has 0 aliphatic carbocycles. The van der Waals surface area contributed by atoms with E-state index in [9.17, 15) is 4.79 Å². The molecular formula is C20H18N2O. The first-order valence-electron chi connectivity index (χ1n) is 7.61. The van der Waals surface area contributed by atoms with Crippen LogP contribution in [0.25, 0.3) is 0 Å². The molecule has 3 aromatic rings. The van der Waals surface area contributed by atoms with Crippen LogP contribution >= 0.6 is 0 Å². The highest BCUT2D eigenvalue weighted by atomic mass is 16.1. The Hall–Kier alpha value is -2.94. The third-order valence-electron chi connectivity index (χ3n) is 3.60. The zero-order valence-corrected chi connectivity index (χ0v) is 12.8. The summed E-state index contributed by atoms with van der Waals surface area (Å²) >= 11 is 0. The molecule has 3 rings (SSSR count). The van der Waals surface area contributed by atoms with Gasteiger partial charge in [0.05, 0.1) is 6.42 Å². The predicted octanol–water partition coefficient (Wildman–Crippen LogP) is 3.85.